The molecule has 3 atom stereocenters. The van der Waals surface area contributed by atoms with Gasteiger partial charge in [0.1, 0.15) is 22.3 Å². The normalized spacial score (nSPS) is 14.1. The monoisotopic (exact) mass is 744 g/mol. The molecular weight excluding hydrogens is 715 g/mol. The first-order valence-corrected chi connectivity index (χ1v) is 16.2. The number of benzene rings is 1. The maximum absolute atomic E-state index is 13.4. The van der Waals surface area contributed by atoms with Crippen LogP contribution in [0.5, 0.6) is 0 Å². The number of thiol groups is 1. The van der Waals surface area contributed by atoms with Crippen molar-refractivity contribution in [2.75, 3.05) is 5.75 Å². The Bertz CT molecular complexity index is 1190. The molecule has 3 amide bonds. The summed E-state index contributed by atoms with van der Waals surface area (Å²) in [5.74, 6) is -1.83. The van der Waals surface area contributed by atoms with Gasteiger partial charge in [-0.2, -0.15) is 17.4 Å². The van der Waals surface area contributed by atoms with Gasteiger partial charge in [-0.25, -0.2) is 8.42 Å². The SMILES string of the molecule is CC(C)CC[C@H](NS(=O)(=O)c1ccc(Br)s1)C(=O)N[C@@H](Cc1ccc(I)cc1)C(=O)N[C@@H](CS)C(N)=O. The number of nitrogens with two attached hydrogens (primary N) is 1. The van der Waals surface area contributed by atoms with Gasteiger partial charge in [0, 0.05) is 15.7 Å². The molecule has 0 radical (unpaired) electrons. The number of carbonyl (C=O) groups is 3. The number of nitrogens with one attached hydrogen (secondary N) is 3. The minimum atomic E-state index is -3.98. The van der Waals surface area contributed by atoms with Gasteiger partial charge in [-0.3, -0.25) is 14.4 Å². The second kappa shape index (κ2) is 14.8. The fourth-order valence-electron chi connectivity index (χ4n) is 3.25. The molecule has 14 heteroatoms. The van der Waals surface area contributed by atoms with Crippen LogP contribution in [-0.4, -0.2) is 50.0 Å². The molecule has 0 unspecified atom stereocenters. The largest absolute Gasteiger partial charge is 0.368 e. The number of sulfonamides is 1. The van der Waals surface area contributed by atoms with E-state index in [1.54, 1.807) is 6.07 Å². The van der Waals surface area contributed by atoms with Crippen LogP contribution >= 0.6 is 62.5 Å². The average Bonchev–Trinajstić information content (AvgIpc) is 3.27. The number of rotatable bonds is 14. The lowest BCUT2D eigenvalue weighted by atomic mass is 10.0. The van der Waals surface area contributed by atoms with Crippen molar-refractivity contribution < 1.29 is 22.8 Å². The highest BCUT2D eigenvalue weighted by Crippen LogP contribution is 2.26. The fraction of sp³-hybridized carbons (Fsp3) is 0.435. The summed E-state index contributed by atoms with van der Waals surface area (Å²) in [6.45, 7) is 3.93. The van der Waals surface area contributed by atoms with Crippen LogP contribution in [0.1, 0.15) is 32.3 Å². The van der Waals surface area contributed by atoms with E-state index < -0.39 is 45.9 Å². The van der Waals surface area contributed by atoms with E-state index >= 15 is 0 Å². The van der Waals surface area contributed by atoms with Crippen molar-refractivity contribution in [3.05, 3.63) is 49.3 Å². The van der Waals surface area contributed by atoms with Gasteiger partial charge in [0.15, 0.2) is 0 Å². The lowest BCUT2D eigenvalue weighted by molar-refractivity contribution is -0.131. The van der Waals surface area contributed by atoms with E-state index in [4.69, 9.17) is 5.73 Å². The van der Waals surface area contributed by atoms with Gasteiger partial charge in [0.2, 0.25) is 17.7 Å². The molecular formula is C23H30BrIN4O5S3. The second-order valence-corrected chi connectivity index (χ2v) is 14.8. The lowest BCUT2D eigenvalue weighted by Gasteiger charge is -2.25. The molecule has 0 saturated carbocycles. The molecule has 0 bridgehead atoms. The standard InChI is InChI=1S/C23H30BrIN4O5S3/c1-13(2)3-8-16(29-37(33,34)20-10-9-19(24)36-20)22(31)27-17(11-14-4-6-15(25)7-5-14)23(32)28-18(12-35)21(26)30/h4-7,9-10,13,16-18,29,35H,3,8,11-12H2,1-2H3,(H2,26,30)(H,27,31)(H,28,32)/t16-,17-,18-/m0/s1. The van der Waals surface area contributed by atoms with Crippen LogP contribution in [0.4, 0.5) is 0 Å². The molecule has 0 aliphatic rings. The van der Waals surface area contributed by atoms with Crippen LogP contribution in [0.25, 0.3) is 0 Å². The third-order valence-corrected chi connectivity index (χ3v) is 9.96. The van der Waals surface area contributed by atoms with E-state index in [0.29, 0.717) is 10.2 Å². The molecule has 0 aliphatic heterocycles. The van der Waals surface area contributed by atoms with Gasteiger partial charge in [0.05, 0.1) is 3.79 Å². The van der Waals surface area contributed by atoms with Crippen LogP contribution in [0.15, 0.2) is 44.4 Å². The van der Waals surface area contributed by atoms with Crippen LogP contribution in [0.2, 0.25) is 0 Å². The number of thiophene rings is 1. The first kappa shape index (κ1) is 32.0. The zero-order valence-electron chi connectivity index (χ0n) is 20.2. The molecule has 9 nitrogen and oxygen atoms in total. The van der Waals surface area contributed by atoms with E-state index in [-0.39, 0.29) is 28.7 Å². The summed E-state index contributed by atoms with van der Waals surface area (Å²) >= 11 is 10.5. The van der Waals surface area contributed by atoms with Crippen molar-refractivity contribution in [3.63, 3.8) is 0 Å². The predicted octanol–water partition coefficient (Wildman–Crippen LogP) is 2.83. The predicted molar refractivity (Wildman–Crippen MR) is 160 cm³/mol. The Balaban J connectivity index is 2.30. The third kappa shape index (κ3) is 10.5. The van der Waals surface area contributed by atoms with Crippen LogP contribution < -0.4 is 21.1 Å². The van der Waals surface area contributed by atoms with Gasteiger partial charge in [-0.1, -0.05) is 26.0 Å². The number of carbonyl (C=O) groups excluding carboxylic acids is 3. The number of hydrogen-bond acceptors (Lipinski definition) is 7. The van der Waals surface area contributed by atoms with Gasteiger partial charge in [0.25, 0.3) is 10.0 Å². The van der Waals surface area contributed by atoms with E-state index in [2.05, 4.69) is 66.5 Å². The highest BCUT2D eigenvalue weighted by molar-refractivity contribution is 14.1. The summed E-state index contributed by atoms with van der Waals surface area (Å²) < 4.78 is 30.1. The van der Waals surface area contributed by atoms with Gasteiger partial charge >= 0.3 is 0 Å². The Labute approximate surface area is 248 Å². The molecule has 1 aromatic heterocycles. The highest BCUT2D eigenvalue weighted by Gasteiger charge is 2.31. The zero-order chi connectivity index (χ0) is 27.8. The average molecular weight is 746 g/mol. The summed E-state index contributed by atoms with van der Waals surface area (Å²) in [6.07, 6.45) is 0.924. The number of hydrogen-bond donors (Lipinski definition) is 5. The molecule has 2 rings (SSSR count). The Hall–Kier alpha value is -1.20. The van der Waals surface area contributed by atoms with E-state index in [9.17, 15) is 22.8 Å². The van der Waals surface area contributed by atoms with E-state index in [1.165, 1.54) is 6.07 Å². The number of halogens is 2. The second-order valence-electron chi connectivity index (χ2n) is 8.74. The van der Waals surface area contributed by atoms with Crippen molar-refractivity contribution in [3.8, 4) is 0 Å². The van der Waals surface area contributed by atoms with Crippen LogP contribution in [0, 0.1) is 9.49 Å². The smallest absolute Gasteiger partial charge is 0.250 e. The summed E-state index contributed by atoms with van der Waals surface area (Å²) in [4.78, 5) is 38.1. The van der Waals surface area contributed by atoms with Crippen LogP contribution in [-0.2, 0) is 30.8 Å². The third-order valence-electron chi connectivity index (χ3n) is 5.29. The number of primary amides is 1. The van der Waals surface area contributed by atoms with Gasteiger partial charge in [-0.05, 0) is 87.1 Å². The Kier molecular flexibility index (Phi) is 12.8. The molecule has 5 N–H and O–H groups in total. The molecule has 204 valence electrons. The summed E-state index contributed by atoms with van der Waals surface area (Å²) in [6, 6.07) is 7.21. The van der Waals surface area contributed by atoms with Crippen LogP contribution in [0.3, 0.4) is 0 Å². The van der Waals surface area contributed by atoms with E-state index in [0.717, 1.165) is 20.5 Å². The van der Waals surface area contributed by atoms with Crippen molar-refractivity contribution in [2.45, 2.75) is 55.4 Å². The molecule has 0 saturated heterocycles. The first-order chi connectivity index (χ1) is 17.3. The van der Waals surface area contributed by atoms with Crippen molar-refractivity contribution in [1.29, 1.82) is 0 Å². The Morgan fingerprint density at radius 2 is 1.59 bits per heavy atom. The molecule has 1 heterocycles. The summed E-state index contributed by atoms with van der Waals surface area (Å²) in [5.41, 5.74) is 6.11. The molecule has 37 heavy (non-hydrogen) atoms. The highest BCUT2D eigenvalue weighted by atomic mass is 127. The Morgan fingerprint density at radius 3 is 2.11 bits per heavy atom. The van der Waals surface area contributed by atoms with Gasteiger partial charge < -0.3 is 16.4 Å². The fourth-order valence-corrected chi connectivity index (χ4v) is 7.14. The van der Waals surface area contributed by atoms with Gasteiger partial charge in [-0.15, -0.1) is 11.3 Å². The summed E-state index contributed by atoms with van der Waals surface area (Å²) in [7, 11) is -3.98. The van der Waals surface area contributed by atoms with Crippen molar-refractivity contribution >= 4 is 90.2 Å². The minimum absolute atomic E-state index is 0.0154. The maximum Gasteiger partial charge on any atom is 0.250 e. The molecule has 0 fully saturated rings. The molecule has 2 aromatic rings. The maximum atomic E-state index is 13.4. The number of amides is 3. The minimum Gasteiger partial charge on any atom is -0.368 e. The summed E-state index contributed by atoms with van der Waals surface area (Å²) in [5, 5.41) is 5.21. The zero-order valence-corrected chi connectivity index (χ0v) is 26.5. The lowest BCUT2D eigenvalue weighted by Crippen LogP contribution is -2.57. The van der Waals surface area contributed by atoms with Crippen molar-refractivity contribution in [1.82, 2.24) is 15.4 Å². The molecule has 0 spiro atoms. The first-order valence-electron chi connectivity index (χ1n) is 11.4. The molecule has 0 aliphatic carbocycles. The Morgan fingerprint density at radius 1 is 1.00 bits per heavy atom. The molecule has 1 aromatic carbocycles. The van der Waals surface area contributed by atoms with Crippen molar-refractivity contribution in [2.24, 2.45) is 11.7 Å². The van der Waals surface area contributed by atoms with E-state index in [1.807, 2.05) is 38.1 Å². The quantitative estimate of drug-likeness (QED) is 0.149. The topological polar surface area (TPSA) is 147 Å².